The molecule has 0 unspecified atom stereocenters. The summed E-state index contributed by atoms with van der Waals surface area (Å²) in [7, 11) is 1.59. The lowest BCUT2D eigenvalue weighted by Gasteiger charge is -2.09. The molecule has 3 aromatic rings. The molecule has 2 heterocycles. The average Bonchev–Trinajstić information content (AvgIpc) is 3.27. The minimum Gasteiger partial charge on any atom is -0.495 e. The Bertz CT molecular complexity index is 977. The molecule has 0 aliphatic heterocycles. The van der Waals surface area contributed by atoms with E-state index >= 15 is 0 Å². The summed E-state index contributed by atoms with van der Waals surface area (Å²) in [6.07, 6.45) is 4.87. The monoisotopic (exact) mass is 412 g/mol. The summed E-state index contributed by atoms with van der Waals surface area (Å²) < 4.78 is 7.19. The molecule has 0 fully saturated rings. The lowest BCUT2D eigenvalue weighted by Crippen LogP contribution is -2.15. The van der Waals surface area contributed by atoms with E-state index in [9.17, 15) is 4.79 Å². The van der Waals surface area contributed by atoms with Gasteiger partial charge in [0.2, 0.25) is 11.0 Å². The van der Waals surface area contributed by atoms with Gasteiger partial charge in [0.1, 0.15) is 5.75 Å². The Morgan fingerprint density at radius 1 is 1.24 bits per heavy atom. The van der Waals surface area contributed by atoms with Crippen LogP contribution in [0.3, 0.4) is 0 Å². The van der Waals surface area contributed by atoms with Gasteiger partial charge in [0.25, 0.3) is 0 Å². The number of unbranched alkanes of at least 4 members (excludes halogenated alkanes) is 2. The molecule has 0 radical (unpaired) electrons. The SMILES string of the molecule is CCCCCc1c(C)nn(-c2nc(CC(=O)Nc3ccccc3OC)cs2)c1C. The van der Waals surface area contributed by atoms with Crippen molar-refractivity contribution in [1.82, 2.24) is 14.8 Å². The summed E-state index contributed by atoms with van der Waals surface area (Å²) in [5, 5.41) is 10.3. The number of hydrogen-bond donors (Lipinski definition) is 1. The predicted octanol–water partition coefficient (Wildman–Crippen LogP) is 4.87. The lowest BCUT2D eigenvalue weighted by molar-refractivity contribution is -0.115. The van der Waals surface area contributed by atoms with Crippen molar-refractivity contribution in [2.24, 2.45) is 0 Å². The summed E-state index contributed by atoms with van der Waals surface area (Å²) >= 11 is 1.51. The molecule has 1 aromatic carbocycles. The fourth-order valence-electron chi connectivity index (χ4n) is 3.36. The molecule has 0 aliphatic rings. The van der Waals surface area contributed by atoms with Crippen LogP contribution in [0.2, 0.25) is 0 Å². The second-order valence-electron chi connectivity index (χ2n) is 7.06. The molecule has 0 saturated heterocycles. The highest BCUT2D eigenvalue weighted by molar-refractivity contribution is 7.12. The maximum atomic E-state index is 12.4. The van der Waals surface area contributed by atoms with Crippen LogP contribution in [0.15, 0.2) is 29.6 Å². The van der Waals surface area contributed by atoms with Gasteiger partial charge in [-0.05, 0) is 44.4 Å². The van der Waals surface area contributed by atoms with Gasteiger partial charge in [-0.25, -0.2) is 9.67 Å². The molecule has 154 valence electrons. The van der Waals surface area contributed by atoms with Gasteiger partial charge >= 0.3 is 0 Å². The normalized spacial score (nSPS) is 10.9. The van der Waals surface area contributed by atoms with E-state index in [1.54, 1.807) is 7.11 Å². The fourth-order valence-corrected chi connectivity index (χ4v) is 4.18. The largest absolute Gasteiger partial charge is 0.495 e. The van der Waals surface area contributed by atoms with Crippen LogP contribution in [0, 0.1) is 13.8 Å². The summed E-state index contributed by atoms with van der Waals surface area (Å²) in [6, 6.07) is 7.36. The Morgan fingerprint density at radius 3 is 2.79 bits per heavy atom. The first-order chi connectivity index (χ1) is 14.0. The number of ether oxygens (including phenoxy) is 1. The van der Waals surface area contributed by atoms with Gasteiger partial charge in [-0.3, -0.25) is 4.79 Å². The van der Waals surface area contributed by atoms with Gasteiger partial charge in [0, 0.05) is 11.1 Å². The van der Waals surface area contributed by atoms with E-state index in [1.807, 2.05) is 34.3 Å². The molecule has 1 N–H and O–H groups in total. The van der Waals surface area contributed by atoms with Crippen LogP contribution in [0.1, 0.15) is 48.8 Å². The minimum absolute atomic E-state index is 0.125. The third kappa shape index (κ3) is 5.03. The van der Waals surface area contributed by atoms with E-state index in [1.165, 1.54) is 36.2 Å². The van der Waals surface area contributed by atoms with E-state index in [-0.39, 0.29) is 12.3 Å². The van der Waals surface area contributed by atoms with Crippen LogP contribution in [-0.4, -0.2) is 27.8 Å². The van der Waals surface area contributed by atoms with Crippen molar-refractivity contribution >= 4 is 22.9 Å². The number of anilines is 1. The molecule has 0 bridgehead atoms. The van der Waals surface area contributed by atoms with Crippen molar-refractivity contribution in [1.29, 1.82) is 0 Å². The average molecular weight is 413 g/mol. The zero-order valence-electron chi connectivity index (χ0n) is 17.5. The Labute approximate surface area is 175 Å². The molecular formula is C22H28N4O2S. The number of para-hydroxylation sites is 2. The number of nitrogens with zero attached hydrogens (tertiary/aromatic N) is 3. The zero-order valence-corrected chi connectivity index (χ0v) is 18.3. The topological polar surface area (TPSA) is 69.0 Å². The summed E-state index contributed by atoms with van der Waals surface area (Å²) in [5.74, 6) is 0.512. The van der Waals surface area contributed by atoms with Crippen molar-refractivity contribution < 1.29 is 9.53 Å². The van der Waals surface area contributed by atoms with Gasteiger partial charge in [-0.2, -0.15) is 5.10 Å². The zero-order chi connectivity index (χ0) is 20.8. The number of carbonyl (C=O) groups excluding carboxylic acids is 1. The third-order valence-corrected chi connectivity index (χ3v) is 5.78. The first-order valence-electron chi connectivity index (χ1n) is 9.96. The molecule has 29 heavy (non-hydrogen) atoms. The summed E-state index contributed by atoms with van der Waals surface area (Å²) in [6.45, 7) is 6.36. The van der Waals surface area contributed by atoms with Gasteiger partial charge in [-0.15, -0.1) is 11.3 Å². The Balaban J connectivity index is 1.69. The number of aromatic nitrogens is 3. The van der Waals surface area contributed by atoms with Gasteiger partial charge in [0.15, 0.2) is 0 Å². The Morgan fingerprint density at radius 2 is 2.03 bits per heavy atom. The lowest BCUT2D eigenvalue weighted by atomic mass is 10.1. The number of rotatable bonds is 9. The Hall–Kier alpha value is -2.67. The highest BCUT2D eigenvalue weighted by atomic mass is 32.1. The van der Waals surface area contributed by atoms with Crippen molar-refractivity contribution in [2.75, 3.05) is 12.4 Å². The van der Waals surface area contributed by atoms with Crippen LogP contribution in [-0.2, 0) is 17.6 Å². The van der Waals surface area contributed by atoms with E-state index < -0.39 is 0 Å². The molecule has 0 spiro atoms. The van der Waals surface area contributed by atoms with Crippen LogP contribution in [0.4, 0.5) is 5.69 Å². The predicted molar refractivity (Wildman–Crippen MR) is 117 cm³/mol. The molecule has 0 saturated carbocycles. The number of thiazole rings is 1. The molecular weight excluding hydrogens is 384 g/mol. The quantitative estimate of drug-likeness (QED) is 0.509. The summed E-state index contributed by atoms with van der Waals surface area (Å²) in [4.78, 5) is 17.1. The number of nitrogens with one attached hydrogen (secondary N) is 1. The number of methoxy groups -OCH3 is 1. The number of aryl methyl sites for hydroxylation is 1. The van der Waals surface area contributed by atoms with E-state index in [2.05, 4.69) is 36.2 Å². The molecule has 2 aromatic heterocycles. The first-order valence-corrected chi connectivity index (χ1v) is 10.8. The smallest absolute Gasteiger partial charge is 0.230 e. The van der Waals surface area contributed by atoms with Crippen LogP contribution in [0.25, 0.3) is 5.13 Å². The number of hydrogen-bond acceptors (Lipinski definition) is 5. The fraction of sp³-hybridized carbons (Fsp3) is 0.409. The van der Waals surface area contributed by atoms with Gasteiger partial charge < -0.3 is 10.1 Å². The van der Waals surface area contributed by atoms with Gasteiger partial charge in [-0.1, -0.05) is 31.9 Å². The molecule has 6 nitrogen and oxygen atoms in total. The molecule has 0 atom stereocenters. The first kappa shape index (κ1) is 21.0. The summed E-state index contributed by atoms with van der Waals surface area (Å²) in [5.41, 5.74) is 4.90. The van der Waals surface area contributed by atoms with Crippen LogP contribution in [0.5, 0.6) is 5.75 Å². The van der Waals surface area contributed by atoms with Gasteiger partial charge in [0.05, 0.1) is 30.6 Å². The molecule has 7 heteroatoms. The maximum absolute atomic E-state index is 12.4. The van der Waals surface area contributed by atoms with Crippen molar-refractivity contribution in [3.05, 3.63) is 52.3 Å². The van der Waals surface area contributed by atoms with Crippen LogP contribution < -0.4 is 10.1 Å². The van der Waals surface area contributed by atoms with E-state index in [0.29, 0.717) is 11.4 Å². The second-order valence-corrected chi connectivity index (χ2v) is 7.90. The van der Waals surface area contributed by atoms with Crippen molar-refractivity contribution in [3.63, 3.8) is 0 Å². The highest BCUT2D eigenvalue weighted by Crippen LogP contribution is 2.25. The highest BCUT2D eigenvalue weighted by Gasteiger charge is 2.16. The molecule has 1 amide bonds. The minimum atomic E-state index is -0.125. The Kier molecular flexibility index (Phi) is 7.04. The van der Waals surface area contributed by atoms with Crippen LogP contribution >= 0.6 is 11.3 Å². The number of carbonyl (C=O) groups is 1. The van der Waals surface area contributed by atoms with E-state index in [0.717, 1.165) is 28.6 Å². The standard InChI is InChI=1S/C22H28N4O2S/c1-5-6-7-10-18-15(2)25-26(16(18)3)22-23-17(14-29-22)13-21(27)24-19-11-8-9-12-20(19)28-4/h8-9,11-12,14H,5-7,10,13H2,1-4H3,(H,24,27). The third-order valence-electron chi connectivity index (χ3n) is 4.92. The number of amides is 1. The number of benzene rings is 1. The maximum Gasteiger partial charge on any atom is 0.230 e. The van der Waals surface area contributed by atoms with E-state index in [4.69, 9.17) is 4.74 Å². The molecule has 3 rings (SSSR count). The second kappa shape index (κ2) is 9.69. The molecule has 0 aliphatic carbocycles. The van der Waals surface area contributed by atoms with Crippen molar-refractivity contribution in [3.8, 4) is 10.9 Å². The van der Waals surface area contributed by atoms with Crippen molar-refractivity contribution in [2.45, 2.75) is 52.9 Å².